The number of hydrogen-bond acceptors (Lipinski definition) is 11. The van der Waals surface area contributed by atoms with Crippen LogP contribution < -0.4 is 26.7 Å². The van der Waals surface area contributed by atoms with Gasteiger partial charge in [0.05, 0.1) is 25.4 Å². The normalized spacial score (nSPS) is 12.5. The van der Waals surface area contributed by atoms with Crippen molar-refractivity contribution in [2.75, 3.05) is 31.5 Å². The fourth-order valence-corrected chi connectivity index (χ4v) is 3.62. The van der Waals surface area contributed by atoms with Gasteiger partial charge in [-0.05, 0) is 24.8 Å². The molecule has 0 radical (unpaired) electrons. The standard InChI is InChI=1S/C22H24N6O5S/c1-13(9-10-23)24-21-27-28-22(34-21)26-19(29)17-11-15(18(32-3)20(30)33-17)25-16(12-31-2)14-7-5-4-6-8-14/h4-11,16,25H,12,23H2,1-3H3,(H,26,28,29)/b10-9-,24-13+/t16-/m0/s1. The van der Waals surface area contributed by atoms with E-state index in [4.69, 9.17) is 19.6 Å². The highest BCUT2D eigenvalue weighted by atomic mass is 32.1. The van der Waals surface area contributed by atoms with E-state index in [9.17, 15) is 9.59 Å². The number of benzene rings is 1. The van der Waals surface area contributed by atoms with E-state index in [1.807, 2.05) is 30.3 Å². The number of allylic oxidation sites excluding steroid dienone is 1. The van der Waals surface area contributed by atoms with Gasteiger partial charge in [0.1, 0.15) is 0 Å². The Morgan fingerprint density at radius 3 is 2.74 bits per heavy atom. The molecule has 1 atom stereocenters. The summed E-state index contributed by atoms with van der Waals surface area (Å²) in [6.07, 6.45) is 2.96. The third kappa shape index (κ3) is 6.27. The number of nitrogens with two attached hydrogens (primary N) is 1. The Morgan fingerprint density at radius 2 is 2.06 bits per heavy atom. The Balaban J connectivity index is 1.86. The summed E-state index contributed by atoms with van der Waals surface area (Å²) < 4.78 is 15.7. The summed E-state index contributed by atoms with van der Waals surface area (Å²) in [5.74, 6) is -0.986. The summed E-state index contributed by atoms with van der Waals surface area (Å²) in [4.78, 5) is 29.5. The molecule has 1 amide bonds. The molecule has 3 aromatic rings. The predicted octanol–water partition coefficient (Wildman–Crippen LogP) is 3.12. The fourth-order valence-electron chi connectivity index (χ4n) is 2.95. The Bertz CT molecular complexity index is 1240. The lowest BCUT2D eigenvalue weighted by atomic mass is 10.1. The second-order valence-corrected chi connectivity index (χ2v) is 7.82. The highest BCUT2D eigenvalue weighted by Gasteiger charge is 2.21. The van der Waals surface area contributed by atoms with Gasteiger partial charge in [0.15, 0.2) is 5.76 Å². The number of ether oxygens (including phenoxy) is 2. The van der Waals surface area contributed by atoms with Gasteiger partial charge in [-0.2, -0.15) is 0 Å². The summed E-state index contributed by atoms with van der Waals surface area (Å²) in [7, 11) is 2.91. The molecule has 3 rings (SSSR count). The average Bonchev–Trinajstić information content (AvgIpc) is 3.25. The number of anilines is 2. The quantitative estimate of drug-likeness (QED) is 0.368. The minimum atomic E-state index is -0.811. The zero-order valence-corrected chi connectivity index (χ0v) is 19.6. The van der Waals surface area contributed by atoms with Crippen LogP contribution in [-0.4, -0.2) is 42.6 Å². The second kappa shape index (κ2) is 11.7. The summed E-state index contributed by atoms with van der Waals surface area (Å²) in [6, 6.07) is 10.6. The van der Waals surface area contributed by atoms with Gasteiger partial charge in [0.25, 0.3) is 5.91 Å². The molecule has 178 valence electrons. The first-order valence-corrected chi connectivity index (χ1v) is 10.9. The molecule has 11 nitrogen and oxygen atoms in total. The molecule has 0 bridgehead atoms. The Hall–Kier alpha value is -4.03. The van der Waals surface area contributed by atoms with Crippen molar-refractivity contribution in [3.8, 4) is 5.75 Å². The number of nitrogens with zero attached hydrogens (tertiary/aromatic N) is 3. The maximum absolute atomic E-state index is 12.8. The van der Waals surface area contributed by atoms with E-state index in [0.717, 1.165) is 16.9 Å². The molecular weight excluding hydrogens is 460 g/mol. The Kier molecular flexibility index (Phi) is 8.48. The average molecular weight is 485 g/mol. The van der Waals surface area contributed by atoms with E-state index in [-0.39, 0.29) is 28.4 Å². The molecule has 0 spiro atoms. The molecule has 0 saturated heterocycles. The van der Waals surface area contributed by atoms with Crippen molar-refractivity contribution < 1.29 is 18.7 Å². The molecule has 2 heterocycles. The maximum Gasteiger partial charge on any atom is 0.381 e. The van der Waals surface area contributed by atoms with Gasteiger partial charge >= 0.3 is 5.63 Å². The van der Waals surface area contributed by atoms with Gasteiger partial charge in [-0.3, -0.25) is 10.1 Å². The van der Waals surface area contributed by atoms with Crippen molar-refractivity contribution in [1.29, 1.82) is 0 Å². The monoisotopic (exact) mass is 484 g/mol. The number of methoxy groups -OCH3 is 2. The van der Waals surface area contributed by atoms with E-state index < -0.39 is 11.5 Å². The first-order valence-electron chi connectivity index (χ1n) is 10.1. The zero-order chi connectivity index (χ0) is 24.5. The van der Waals surface area contributed by atoms with Crippen molar-refractivity contribution in [3.05, 3.63) is 70.4 Å². The van der Waals surface area contributed by atoms with Gasteiger partial charge in [0.2, 0.25) is 16.0 Å². The van der Waals surface area contributed by atoms with Crippen LogP contribution in [0.25, 0.3) is 0 Å². The lowest BCUT2D eigenvalue weighted by molar-refractivity contribution is 0.0991. The molecule has 1 aromatic carbocycles. The van der Waals surface area contributed by atoms with Gasteiger partial charge < -0.3 is 24.9 Å². The zero-order valence-electron chi connectivity index (χ0n) is 18.8. The molecule has 0 aliphatic heterocycles. The molecule has 2 aromatic heterocycles. The Labute approximate surface area is 199 Å². The van der Waals surface area contributed by atoms with E-state index in [0.29, 0.717) is 17.5 Å². The molecule has 0 aliphatic carbocycles. The van der Waals surface area contributed by atoms with Crippen LogP contribution in [-0.2, 0) is 4.74 Å². The maximum atomic E-state index is 12.8. The van der Waals surface area contributed by atoms with Crippen molar-refractivity contribution in [2.24, 2.45) is 10.7 Å². The molecule has 12 heteroatoms. The van der Waals surface area contributed by atoms with Crippen LogP contribution in [0.15, 0.2) is 62.9 Å². The molecular formula is C22H24N6O5S. The summed E-state index contributed by atoms with van der Waals surface area (Å²) >= 11 is 1.05. The van der Waals surface area contributed by atoms with Crippen LogP contribution in [0, 0.1) is 0 Å². The van der Waals surface area contributed by atoms with Crippen LogP contribution >= 0.6 is 11.3 Å². The highest BCUT2D eigenvalue weighted by Crippen LogP contribution is 2.28. The molecule has 0 saturated carbocycles. The fraction of sp³-hybridized carbons (Fsp3) is 0.227. The van der Waals surface area contributed by atoms with E-state index in [1.165, 1.54) is 19.4 Å². The lowest BCUT2D eigenvalue weighted by Crippen LogP contribution is -2.21. The van der Waals surface area contributed by atoms with Crippen LogP contribution in [0.1, 0.15) is 29.1 Å². The summed E-state index contributed by atoms with van der Waals surface area (Å²) in [5.41, 5.74) is 6.35. The van der Waals surface area contributed by atoms with E-state index >= 15 is 0 Å². The summed E-state index contributed by atoms with van der Waals surface area (Å²) in [6.45, 7) is 2.05. The van der Waals surface area contributed by atoms with Crippen LogP contribution in [0.5, 0.6) is 5.75 Å². The minimum Gasteiger partial charge on any atom is -0.488 e. The highest BCUT2D eigenvalue weighted by molar-refractivity contribution is 7.18. The number of carbonyl (C=O) groups excluding carboxylic acids is 1. The topological polar surface area (TPSA) is 154 Å². The number of rotatable bonds is 10. The number of aliphatic imine (C=N–C) groups is 1. The van der Waals surface area contributed by atoms with Crippen LogP contribution in [0.4, 0.5) is 16.0 Å². The third-order valence-electron chi connectivity index (χ3n) is 4.45. The van der Waals surface area contributed by atoms with Crippen molar-refractivity contribution in [2.45, 2.75) is 13.0 Å². The number of nitrogens with one attached hydrogen (secondary N) is 2. The second-order valence-electron chi connectivity index (χ2n) is 6.86. The van der Waals surface area contributed by atoms with Crippen molar-refractivity contribution >= 4 is 38.9 Å². The van der Waals surface area contributed by atoms with Gasteiger partial charge in [-0.15, -0.1) is 10.2 Å². The van der Waals surface area contributed by atoms with Gasteiger partial charge in [-0.1, -0.05) is 41.7 Å². The van der Waals surface area contributed by atoms with Gasteiger partial charge in [-0.25, -0.2) is 9.79 Å². The predicted molar refractivity (Wildman–Crippen MR) is 130 cm³/mol. The molecule has 34 heavy (non-hydrogen) atoms. The molecule has 4 N–H and O–H groups in total. The van der Waals surface area contributed by atoms with E-state index in [2.05, 4.69) is 25.8 Å². The molecule has 0 aliphatic rings. The number of carbonyl (C=O) groups is 1. The van der Waals surface area contributed by atoms with Gasteiger partial charge in [0, 0.05) is 18.9 Å². The summed E-state index contributed by atoms with van der Waals surface area (Å²) in [5, 5.41) is 14.0. The van der Waals surface area contributed by atoms with Crippen LogP contribution in [0.3, 0.4) is 0 Å². The number of amides is 1. The third-order valence-corrected chi connectivity index (χ3v) is 5.18. The van der Waals surface area contributed by atoms with E-state index in [1.54, 1.807) is 20.1 Å². The van der Waals surface area contributed by atoms with Crippen molar-refractivity contribution in [3.63, 3.8) is 0 Å². The Morgan fingerprint density at radius 1 is 1.29 bits per heavy atom. The molecule has 0 fully saturated rings. The SMILES string of the molecule is COC[C@H](Nc1cc(C(=O)Nc2nnc(/N=C(C)/C=C\N)s2)oc(=O)c1OC)c1ccccc1. The first kappa shape index (κ1) is 24.6. The minimum absolute atomic E-state index is 0.0652. The number of hydrogen-bond donors (Lipinski definition) is 3. The molecule has 0 unspecified atom stereocenters. The largest absolute Gasteiger partial charge is 0.488 e. The smallest absolute Gasteiger partial charge is 0.381 e. The van der Waals surface area contributed by atoms with Crippen LogP contribution in [0.2, 0.25) is 0 Å². The van der Waals surface area contributed by atoms with Crippen molar-refractivity contribution in [1.82, 2.24) is 10.2 Å². The first-order chi connectivity index (χ1) is 16.4. The number of aromatic nitrogens is 2. The lowest BCUT2D eigenvalue weighted by Gasteiger charge is -2.21.